The summed E-state index contributed by atoms with van der Waals surface area (Å²) < 4.78 is 0. The number of nitrogens with zero attached hydrogens (tertiary/aromatic N) is 2. The molecule has 0 aromatic heterocycles. The van der Waals surface area contributed by atoms with Crippen LogP contribution < -0.4 is 15.5 Å². The first-order valence-electron chi connectivity index (χ1n) is 10.9. The van der Waals surface area contributed by atoms with E-state index >= 15 is 0 Å². The van der Waals surface area contributed by atoms with Gasteiger partial charge in [0.25, 0.3) is 5.91 Å². The molecule has 0 saturated heterocycles. The molecule has 36 heavy (non-hydrogen) atoms. The van der Waals surface area contributed by atoms with Gasteiger partial charge in [-0.05, 0) is 48.2 Å². The van der Waals surface area contributed by atoms with E-state index in [1.807, 2.05) is 88.2 Å². The van der Waals surface area contributed by atoms with Crippen molar-refractivity contribution in [2.45, 2.75) is 19.8 Å². The first-order valence-corrected chi connectivity index (χ1v) is 10.9. The van der Waals surface area contributed by atoms with E-state index in [1.54, 1.807) is 0 Å². The summed E-state index contributed by atoms with van der Waals surface area (Å²) in [5, 5.41) is 5.53. The Morgan fingerprint density at radius 1 is 0.861 bits per heavy atom. The highest BCUT2D eigenvalue weighted by Crippen LogP contribution is 2.12. The van der Waals surface area contributed by atoms with Crippen LogP contribution in [0.1, 0.15) is 18.1 Å². The van der Waals surface area contributed by atoms with E-state index in [2.05, 4.69) is 10.6 Å². The number of carbonyl (C=O) groups excluding carboxylic acids is 6. The smallest absolute Gasteiger partial charge is 0.284 e. The monoisotopic (exact) mass is 500 g/mol. The van der Waals surface area contributed by atoms with Gasteiger partial charge in [0.1, 0.15) is 13.6 Å². The predicted molar refractivity (Wildman–Crippen MR) is 141 cm³/mol. The first kappa shape index (κ1) is 33.8. The minimum Gasteiger partial charge on any atom is -0.388 e. The number of amides is 3. The number of aldehydes is 1. The molecule has 196 valence electrons. The predicted octanol–water partition coefficient (Wildman–Crippen LogP) is 1.52. The maximum atomic E-state index is 11.0. The van der Waals surface area contributed by atoms with Gasteiger partial charge in [-0.1, -0.05) is 24.3 Å². The zero-order valence-electron chi connectivity index (χ0n) is 21.4. The Morgan fingerprint density at radius 3 is 1.78 bits per heavy atom. The molecule has 0 spiro atoms. The van der Waals surface area contributed by atoms with E-state index in [1.165, 1.54) is 11.8 Å². The number of nitrogens with one attached hydrogen (secondary N) is 2. The zero-order valence-corrected chi connectivity index (χ0v) is 21.4. The lowest BCUT2D eigenvalue weighted by Crippen LogP contribution is -2.29. The molecule has 0 aliphatic carbocycles. The maximum Gasteiger partial charge on any atom is 0.284 e. The highest BCUT2D eigenvalue weighted by atomic mass is 16.2. The molecule has 0 bridgehead atoms. The van der Waals surface area contributed by atoms with Crippen LogP contribution in [0.2, 0.25) is 0 Å². The maximum absolute atomic E-state index is 11.0. The third-order valence-corrected chi connectivity index (χ3v) is 4.69. The Bertz CT molecular complexity index is 900. The number of rotatable bonds is 10. The Balaban J connectivity index is 0. The molecule has 0 heterocycles. The van der Waals surface area contributed by atoms with Gasteiger partial charge in [-0.15, -0.1) is 0 Å². The van der Waals surface area contributed by atoms with E-state index in [4.69, 9.17) is 9.59 Å². The van der Waals surface area contributed by atoms with Crippen molar-refractivity contribution in [1.29, 1.82) is 0 Å². The van der Waals surface area contributed by atoms with Crippen LogP contribution in [-0.2, 0) is 41.6 Å². The fraction of sp³-hybridized carbons (Fsp3) is 0.308. The third-order valence-electron chi connectivity index (χ3n) is 4.69. The van der Waals surface area contributed by atoms with Gasteiger partial charge in [0, 0.05) is 52.5 Å². The first-order chi connectivity index (χ1) is 17.3. The summed E-state index contributed by atoms with van der Waals surface area (Å²) in [5.74, 6) is -0.785. The Morgan fingerprint density at radius 2 is 1.36 bits per heavy atom. The third kappa shape index (κ3) is 14.7. The van der Waals surface area contributed by atoms with Gasteiger partial charge in [-0.3, -0.25) is 24.1 Å². The highest BCUT2D eigenvalue weighted by Gasteiger charge is 2.06. The molecule has 2 aromatic carbocycles. The number of carbonyl (C=O) groups is 6. The molecule has 10 heteroatoms. The van der Waals surface area contributed by atoms with Crippen molar-refractivity contribution in [3.05, 3.63) is 59.7 Å². The van der Waals surface area contributed by atoms with Gasteiger partial charge in [0.15, 0.2) is 0 Å². The molecule has 0 aliphatic rings. The van der Waals surface area contributed by atoms with Crippen LogP contribution in [0, 0.1) is 0 Å². The van der Waals surface area contributed by atoms with Crippen molar-refractivity contribution in [3.8, 4) is 0 Å². The van der Waals surface area contributed by atoms with Crippen molar-refractivity contribution in [2.75, 3.05) is 44.4 Å². The summed E-state index contributed by atoms with van der Waals surface area (Å²) in [5.41, 5.74) is 4.42. The zero-order chi connectivity index (χ0) is 27.9. The average Bonchev–Trinajstić information content (AvgIpc) is 2.92. The molecular weight excluding hydrogens is 464 g/mol. The van der Waals surface area contributed by atoms with Gasteiger partial charge < -0.3 is 25.1 Å². The summed E-state index contributed by atoms with van der Waals surface area (Å²) in [6.07, 6.45) is 2.27. The molecule has 3 amide bonds. The van der Waals surface area contributed by atoms with Crippen LogP contribution in [0.4, 0.5) is 11.4 Å². The van der Waals surface area contributed by atoms with Gasteiger partial charge in [-0.2, -0.15) is 0 Å². The number of hydrogen-bond donors (Lipinski definition) is 2. The summed E-state index contributed by atoms with van der Waals surface area (Å²) >= 11 is 0. The number of imide groups is 1. The molecule has 0 unspecified atom stereocenters. The van der Waals surface area contributed by atoms with E-state index in [0.29, 0.717) is 25.9 Å². The van der Waals surface area contributed by atoms with Crippen LogP contribution >= 0.6 is 0 Å². The summed E-state index contributed by atoms with van der Waals surface area (Å²) in [6.45, 7) is 6.30. The van der Waals surface area contributed by atoms with E-state index in [0.717, 1.165) is 28.9 Å². The number of benzene rings is 2. The SMILES string of the molecule is C=O.C=O.CN(C)c1ccc(CCNC(=O)C=O)cc1.CNc1ccc(CCN(C=O)C(C)=O)cc1. The van der Waals surface area contributed by atoms with E-state index in [-0.39, 0.29) is 12.2 Å². The van der Waals surface area contributed by atoms with Crippen molar-refractivity contribution in [1.82, 2.24) is 10.2 Å². The average molecular weight is 501 g/mol. The number of anilines is 2. The standard InChI is InChI=1S/2C12H16N2O2.2CH2O/c1-14(2)11-5-3-10(4-6-11)7-8-13-12(16)9-15;1-10(16)14(9-15)8-7-11-3-5-12(13-2)6-4-11;2*1-2/h3-6,9H,7-8H2,1-2H3,(H,13,16);3-6,9,13H,7-8H2,1-2H3;2*1H2. The lowest BCUT2D eigenvalue weighted by atomic mass is 10.1. The molecule has 2 rings (SSSR count). The topological polar surface area (TPSA) is 133 Å². The second-order valence-electron chi connectivity index (χ2n) is 7.23. The largest absolute Gasteiger partial charge is 0.388 e. The quantitative estimate of drug-likeness (QED) is 0.371. The lowest BCUT2D eigenvalue weighted by Gasteiger charge is -2.12. The molecule has 0 atom stereocenters. The van der Waals surface area contributed by atoms with E-state index < -0.39 is 5.91 Å². The molecule has 0 fully saturated rings. The summed E-state index contributed by atoms with van der Waals surface area (Å²) in [6, 6.07) is 16.0. The molecule has 0 radical (unpaired) electrons. The van der Waals surface area contributed by atoms with Gasteiger partial charge in [0.05, 0.1) is 0 Å². The second kappa shape index (κ2) is 21.2. The molecule has 0 aliphatic heterocycles. The van der Waals surface area contributed by atoms with Crippen LogP contribution in [0.3, 0.4) is 0 Å². The minimum absolute atomic E-state index is 0.221. The van der Waals surface area contributed by atoms with Crippen LogP contribution in [0.5, 0.6) is 0 Å². The normalized spacial score (nSPS) is 8.78. The summed E-state index contributed by atoms with van der Waals surface area (Å²) in [4.78, 5) is 61.5. The van der Waals surface area contributed by atoms with Crippen molar-refractivity contribution >= 4 is 49.5 Å². The van der Waals surface area contributed by atoms with Crippen molar-refractivity contribution in [3.63, 3.8) is 0 Å². The van der Waals surface area contributed by atoms with Crippen molar-refractivity contribution < 1.29 is 28.8 Å². The lowest BCUT2D eigenvalue weighted by molar-refractivity contribution is -0.136. The van der Waals surface area contributed by atoms with Crippen LogP contribution in [0.25, 0.3) is 0 Å². The summed E-state index contributed by atoms with van der Waals surface area (Å²) in [7, 11) is 5.83. The Kier molecular flexibility index (Phi) is 19.9. The fourth-order valence-electron chi connectivity index (χ4n) is 2.70. The number of hydrogen-bond acceptors (Lipinski definition) is 8. The molecule has 2 aromatic rings. The second-order valence-corrected chi connectivity index (χ2v) is 7.23. The molecule has 2 N–H and O–H groups in total. The van der Waals surface area contributed by atoms with Gasteiger partial charge in [-0.25, -0.2) is 0 Å². The van der Waals surface area contributed by atoms with Crippen LogP contribution in [0.15, 0.2) is 48.5 Å². The molecule has 0 saturated carbocycles. The van der Waals surface area contributed by atoms with Gasteiger partial charge in [0.2, 0.25) is 18.6 Å². The van der Waals surface area contributed by atoms with Crippen LogP contribution in [-0.4, -0.2) is 77.2 Å². The Labute approximate surface area is 212 Å². The molecule has 10 nitrogen and oxygen atoms in total. The molecular formula is C26H36N4O6. The van der Waals surface area contributed by atoms with Crippen molar-refractivity contribution in [2.24, 2.45) is 0 Å². The Hall–Kier alpha value is -4.34. The van der Waals surface area contributed by atoms with E-state index in [9.17, 15) is 19.2 Å². The van der Waals surface area contributed by atoms with Gasteiger partial charge >= 0.3 is 0 Å². The highest BCUT2D eigenvalue weighted by molar-refractivity contribution is 6.23. The fourth-order valence-corrected chi connectivity index (χ4v) is 2.70. The minimum atomic E-state index is -0.565.